The summed E-state index contributed by atoms with van der Waals surface area (Å²) in [5.41, 5.74) is -0.162. The number of hydrogen-bond donors (Lipinski definition) is 2. The molecule has 0 aliphatic heterocycles. The van der Waals surface area contributed by atoms with Crippen molar-refractivity contribution in [3.63, 3.8) is 0 Å². The van der Waals surface area contributed by atoms with E-state index in [0.29, 0.717) is 11.3 Å². The van der Waals surface area contributed by atoms with Gasteiger partial charge in [-0.15, -0.1) is 11.8 Å². The van der Waals surface area contributed by atoms with Gasteiger partial charge in [-0.1, -0.05) is 20.8 Å². The van der Waals surface area contributed by atoms with Crippen molar-refractivity contribution in [3.05, 3.63) is 29.8 Å². The van der Waals surface area contributed by atoms with Crippen LogP contribution in [0.5, 0.6) is 0 Å². The van der Waals surface area contributed by atoms with E-state index in [0.717, 1.165) is 23.9 Å². The maximum Gasteiger partial charge on any atom is 0.230 e. The molecule has 1 rings (SSSR count). The van der Waals surface area contributed by atoms with E-state index in [-0.39, 0.29) is 29.7 Å². The molecule has 1 amide bonds. The third-order valence-electron chi connectivity index (χ3n) is 3.06. The molecule has 0 aromatic heterocycles. The lowest BCUT2D eigenvalue weighted by Crippen LogP contribution is -2.45. The van der Waals surface area contributed by atoms with Crippen LogP contribution in [0.4, 0.5) is 8.78 Å². The average molecular weight is 317 g/mol. The van der Waals surface area contributed by atoms with Gasteiger partial charge in [0.1, 0.15) is 0 Å². The van der Waals surface area contributed by atoms with Crippen LogP contribution in [0.15, 0.2) is 23.1 Å². The maximum atomic E-state index is 13.1. The number of nitrogens with one attached hydrogen (secondary N) is 1. The molecule has 118 valence electrons. The van der Waals surface area contributed by atoms with Crippen LogP contribution >= 0.6 is 11.8 Å². The summed E-state index contributed by atoms with van der Waals surface area (Å²) in [7, 11) is 0. The molecule has 2 N–H and O–H groups in total. The minimum absolute atomic E-state index is 0.00146. The van der Waals surface area contributed by atoms with E-state index in [2.05, 4.69) is 5.32 Å². The topological polar surface area (TPSA) is 49.3 Å². The molecule has 0 fully saturated rings. The Balaban J connectivity index is 2.54. The maximum absolute atomic E-state index is 13.1. The van der Waals surface area contributed by atoms with Gasteiger partial charge in [0.15, 0.2) is 11.6 Å². The molecule has 0 bridgehead atoms. The Hall–Kier alpha value is -1.14. The molecule has 0 aliphatic rings. The van der Waals surface area contributed by atoms with Crippen LogP contribution in [0.3, 0.4) is 0 Å². The Labute approximate surface area is 128 Å². The minimum Gasteiger partial charge on any atom is -0.396 e. The number of aliphatic hydroxyl groups is 1. The summed E-state index contributed by atoms with van der Waals surface area (Å²) < 4.78 is 25.9. The lowest BCUT2D eigenvalue weighted by molar-refractivity contribution is -0.120. The quantitative estimate of drug-likeness (QED) is 0.793. The summed E-state index contributed by atoms with van der Waals surface area (Å²) in [6.45, 7) is 5.95. The first-order chi connectivity index (χ1) is 9.74. The summed E-state index contributed by atoms with van der Waals surface area (Å²) in [5, 5.41) is 11.9. The number of carbonyl (C=O) groups excluding carboxylic acids is 1. The van der Waals surface area contributed by atoms with Gasteiger partial charge in [0.25, 0.3) is 0 Å². The highest BCUT2D eigenvalue weighted by atomic mass is 32.2. The first-order valence-corrected chi connectivity index (χ1v) is 7.70. The summed E-state index contributed by atoms with van der Waals surface area (Å²) in [5.74, 6) is -1.91. The number of amides is 1. The first-order valence-electron chi connectivity index (χ1n) is 6.72. The number of carbonyl (C=O) groups is 1. The van der Waals surface area contributed by atoms with Crippen LogP contribution in [0, 0.1) is 17.0 Å². The van der Waals surface area contributed by atoms with E-state index in [9.17, 15) is 13.6 Å². The predicted octanol–water partition coefficient (Wildman–Crippen LogP) is 2.97. The summed E-state index contributed by atoms with van der Waals surface area (Å²) in [6.07, 6.45) is 0.477. The molecule has 1 aromatic rings. The largest absolute Gasteiger partial charge is 0.396 e. The fraction of sp³-hybridized carbons (Fsp3) is 0.533. The molecule has 0 spiro atoms. The number of benzene rings is 1. The molecule has 21 heavy (non-hydrogen) atoms. The highest BCUT2D eigenvalue weighted by molar-refractivity contribution is 8.00. The third kappa shape index (κ3) is 6.01. The number of aliphatic hydroxyl groups excluding tert-OH is 1. The number of thioether (sulfide) groups is 1. The average Bonchev–Trinajstić information content (AvgIpc) is 2.38. The van der Waals surface area contributed by atoms with Crippen LogP contribution in [-0.4, -0.2) is 29.4 Å². The van der Waals surface area contributed by atoms with Gasteiger partial charge in [-0.2, -0.15) is 0 Å². The van der Waals surface area contributed by atoms with Crippen molar-refractivity contribution in [3.8, 4) is 0 Å². The fourth-order valence-corrected chi connectivity index (χ4v) is 2.53. The second-order valence-electron chi connectivity index (χ2n) is 5.86. The second-order valence-corrected chi connectivity index (χ2v) is 6.91. The Bertz CT molecular complexity index is 489. The van der Waals surface area contributed by atoms with Gasteiger partial charge in [-0.3, -0.25) is 4.79 Å². The SMILES string of the molecule is CC(C)(C)C(CCO)NC(=O)CSc1ccc(F)c(F)c1. The predicted molar refractivity (Wildman–Crippen MR) is 80.2 cm³/mol. The van der Waals surface area contributed by atoms with E-state index >= 15 is 0 Å². The molecule has 0 radical (unpaired) electrons. The van der Waals surface area contributed by atoms with Crippen molar-refractivity contribution in [1.29, 1.82) is 0 Å². The van der Waals surface area contributed by atoms with E-state index in [1.807, 2.05) is 20.8 Å². The normalized spacial score (nSPS) is 13.0. The lowest BCUT2D eigenvalue weighted by Gasteiger charge is -2.31. The molecule has 0 saturated heterocycles. The van der Waals surface area contributed by atoms with Crippen LogP contribution < -0.4 is 5.32 Å². The van der Waals surface area contributed by atoms with Gasteiger partial charge >= 0.3 is 0 Å². The molecule has 1 unspecified atom stereocenters. The Morgan fingerprint density at radius 2 is 2.00 bits per heavy atom. The van der Waals surface area contributed by atoms with E-state index in [1.54, 1.807) is 0 Å². The van der Waals surface area contributed by atoms with Crippen molar-refractivity contribution in [1.82, 2.24) is 5.32 Å². The molecule has 0 heterocycles. The molecular formula is C15H21F2NO2S. The highest BCUT2D eigenvalue weighted by Gasteiger charge is 2.25. The Morgan fingerprint density at radius 3 is 2.52 bits per heavy atom. The Kier molecular flexibility index (Phi) is 6.61. The van der Waals surface area contributed by atoms with Gasteiger partial charge in [-0.25, -0.2) is 8.78 Å². The van der Waals surface area contributed by atoms with Crippen LogP contribution in [-0.2, 0) is 4.79 Å². The summed E-state index contributed by atoms with van der Waals surface area (Å²) in [4.78, 5) is 12.4. The molecule has 1 aromatic carbocycles. The van der Waals surface area contributed by atoms with Crippen molar-refractivity contribution >= 4 is 17.7 Å². The fourth-order valence-electron chi connectivity index (χ4n) is 1.80. The molecule has 3 nitrogen and oxygen atoms in total. The van der Waals surface area contributed by atoms with E-state index in [4.69, 9.17) is 5.11 Å². The van der Waals surface area contributed by atoms with Gasteiger partial charge in [0, 0.05) is 17.5 Å². The van der Waals surface area contributed by atoms with Crippen molar-refractivity contribution in [2.45, 2.75) is 38.1 Å². The third-order valence-corrected chi connectivity index (χ3v) is 4.05. The lowest BCUT2D eigenvalue weighted by atomic mass is 9.85. The zero-order valence-corrected chi connectivity index (χ0v) is 13.3. The van der Waals surface area contributed by atoms with Crippen LogP contribution in [0.2, 0.25) is 0 Å². The van der Waals surface area contributed by atoms with Crippen LogP contribution in [0.1, 0.15) is 27.2 Å². The van der Waals surface area contributed by atoms with Gasteiger partial charge in [0.2, 0.25) is 5.91 Å². The summed E-state index contributed by atoms with van der Waals surface area (Å²) >= 11 is 1.14. The zero-order chi connectivity index (χ0) is 16.0. The second kappa shape index (κ2) is 7.75. The number of hydrogen-bond acceptors (Lipinski definition) is 3. The zero-order valence-electron chi connectivity index (χ0n) is 12.5. The van der Waals surface area contributed by atoms with Crippen molar-refractivity contribution < 1.29 is 18.7 Å². The standard InChI is InChI=1S/C15H21F2NO2S/c1-15(2,3)13(6-7-19)18-14(20)9-21-10-4-5-11(16)12(17)8-10/h4-5,8,13,19H,6-7,9H2,1-3H3,(H,18,20). The first kappa shape index (κ1) is 17.9. The van der Waals surface area contributed by atoms with Gasteiger partial charge < -0.3 is 10.4 Å². The monoisotopic (exact) mass is 317 g/mol. The van der Waals surface area contributed by atoms with E-state index < -0.39 is 11.6 Å². The minimum atomic E-state index is -0.923. The molecule has 6 heteroatoms. The number of rotatable bonds is 6. The van der Waals surface area contributed by atoms with Gasteiger partial charge in [0.05, 0.1) is 5.75 Å². The van der Waals surface area contributed by atoms with E-state index in [1.165, 1.54) is 6.07 Å². The van der Waals surface area contributed by atoms with Crippen molar-refractivity contribution in [2.75, 3.05) is 12.4 Å². The van der Waals surface area contributed by atoms with Gasteiger partial charge in [-0.05, 0) is 30.0 Å². The highest BCUT2D eigenvalue weighted by Crippen LogP contribution is 2.23. The molecule has 0 saturated carbocycles. The summed E-state index contributed by atoms with van der Waals surface area (Å²) in [6, 6.07) is 3.41. The molecule has 1 atom stereocenters. The van der Waals surface area contributed by atoms with Crippen LogP contribution in [0.25, 0.3) is 0 Å². The number of halogens is 2. The molecular weight excluding hydrogens is 296 g/mol. The molecule has 0 aliphatic carbocycles. The Morgan fingerprint density at radius 1 is 1.33 bits per heavy atom. The van der Waals surface area contributed by atoms with Crippen molar-refractivity contribution in [2.24, 2.45) is 5.41 Å². The smallest absolute Gasteiger partial charge is 0.230 e.